The molecule has 7 heteroatoms. The molecule has 3 atom stereocenters. The Balaban J connectivity index is 3.42. The van der Waals surface area contributed by atoms with Crippen LogP contribution in [-0.4, -0.2) is 47.9 Å². The zero-order chi connectivity index (χ0) is 25.2. The second-order valence-electron chi connectivity index (χ2n) is 9.11. The summed E-state index contributed by atoms with van der Waals surface area (Å²) in [4.78, 5) is 34.7. The Hall–Kier alpha value is -2.67. The topological polar surface area (TPSA) is 99.1 Å². The number of hydrogen-bond acceptors (Lipinski definition) is 7. The van der Waals surface area contributed by atoms with Crippen molar-refractivity contribution in [3.05, 3.63) is 47.6 Å². The van der Waals surface area contributed by atoms with E-state index in [4.69, 9.17) is 14.2 Å². The van der Waals surface area contributed by atoms with Crippen molar-refractivity contribution in [1.82, 2.24) is 0 Å². The van der Waals surface area contributed by atoms with Crippen LogP contribution in [0.2, 0.25) is 0 Å². The molecule has 0 spiro atoms. The van der Waals surface area contributed by atoms with Gasteiger partial charge in [0.25, 0.3) is 0 Å². The second kappa shape index (κ2) is 13.1. The fourth-order valence-electron chi connectivity index (χ4n) is 3.78. The molecule has 1 rings (SSSR count). The summed E-state index contributed by atoms with van der Waals surface area (Å²) in [6.45, 7) is 13.8. The third kappa shape index (κ3) is 11.7. The first kappa shape index (κ1) is 28.4. The summed E-state index contributed by atoms with van der Waals surface area (Å²) in [6, 6.07) is 0. The maximum absolute atomic E-state index is 11.6. The minimum absolute atomic E-state index is 0.0657. The van der Waals surface area contributed by atoms with Crippen molar-refractivity contribution in [2.75, 3.05) is 13.2 Å². The average molecular weight is 463 g/mol. The minimum Gasteiger partial charge on any atom is -0.465 e. The molecule has 0 bridgehead atoms. The molecule has 0 aromatic heterocycles. The lowest BCUT2D eigenvalue weighted by molar-refractivity contribution is -0.144. The third-order valence-corrected chi connectivity index (χ3v) is 5.31. The molecule has 0 saturated heterocycles. The molecule has 33 heavy (non-hydrogen) atoms. The van der Waals surface area contributed by atoms with Crippen LogP contribution in [0.3, 0.4) is 0 Å². The van der Waals surface area contributed by atoms with E-state index in [0.717, 1.165) is 16.7 Å². The van der Waals surface area contributed by atoms with Gasteiger partial charge in [0.05, 0.1) is 12.2 Å². The lowest BCUT2D eigenvalue weighted by atomic mass is 9.77. The molecule has 0 aromatic rings. The minimum atomic E-state index is -1.00. The smallest absolute Gasteiger partial charge is 0.303 e. The van der Waals surface area contributed by atoms with Crippen LogP contribution in [-0.2, 0) is 28.6 Å². The first-order chi connectivity index (χ1) is 15.3. The van der Waals surface area contributed by atoms with E-state index in [2.05, 4.69) is 6.58 Å². The molecule has 0 amide bonds. The van der Waals surface area contributed by atoms with E-state index in [1.807, 2.05) is 19.1 Å². The van der Waals surface area contributed by atoms with Crippen molar-refractivity contribution < 1.29 is 33.7 Å². The SMILES string of the molecule is C=C1C[C@@H](OC(C)=O)/C=C(\C)CC[C@H](/C(=C/C=C/C(C)(C)O)COC(C)=O)[C@H]1COC(C)=O. The van der Waals surface area contributed by atoms with Crippen LogP contribution in [0.5, 0.6) is 0 Å². The van der Waals surface area contributed by atoms with Crippen molar-refractivity contribution in [3.8, 4) is 0 Å². The predicted octanol–water partition coefficient (Wildman–Crippen LogP) is 4.22. The van der Waals surface area contributed by atoms with E-state index >= 15 is 0 Å². The van der Waals surface area contributed by atoms with Crippen LogP contribution >= 0.6 is 0 Å². The number of ether oxygens (including phenoxy) is 3. The summed E-state index contributed by atoms with van der Waals surface area (Å²) in [6.07, 6.45) is 8.48. The molecule has 1 aliphatic rings. The van der Waals surface area contributed by atoms with Crippen LogP contribution in [0.1, 0.15) is 60.8 Å². The molecule has 0 unspecified atom stereocenters. The Morgan fingerprint density at radius 3 is 2.33 bits per heavy atom. The highest BCUT2D eigenvalue weighted by atomic mass is 16.5. The van der Waals surface area contributed by atoms with Crippen molar-refractivity contribution in [2.45, 2.75) is 72.5 Å². The monoisotopic (exact) mass is 462 g/mol. The van der Waals surface area contributed by atoms with Gasteiger partial charge in [-0.1, -0.05) is 36.0 Å². The largest absolute Gasteiger partial charge is 0.465 e. The Kier molecular flexibility index (Phi) is 11.3. The van der Waals surface area contributed by atoms with Gasteiger partial charge in [-0.2, -0.15) is 0 Å². The first-order valence-electron chi connectivity index (χ1n) is 11.2. The molecule has 0 heterocycles. The van der Waals surface area contributed by atoms with Gasteiger partial charge in [0.1, 0.15) is 12.7 Å². The number of carbonyl (C=O) groups is 3. The van der Waals surface area contributed by atoms with E-state index in [1.165, 1.54) is 20.8 Å². The first-order valence-corrected chi connectivity index (χ1v) is 11.2. The van der Waals surface area contributed by atoms with Gasteiger partial charge in [-0.3, -0.25) is 14.4 Å². The van der Waals surface area contributed by atoms with Gasteiger partial charge in [-0.25, -0.2) is 0 Å². The molecule has 1 N–H and O–H groups in total. The van der Waals surface area contributed by atoms with E-state index < -0.39 is 23.6 Å². The van der Waals surface area contributed by atoms with Gasteiger partial charge in [-0.05, 0) is 51.2 Å². The highest BCUT2D eigenvalue weighted by Crippen LogP contribution is 2.36. The third-order valence-electron chi connectivity index (χ3n) is 5.31. The summed E-state index contributed by atoms with van der Waals surface area (Å²) in [7, 11) is 0. The fraction of sp³-hybridized carbons (Fsp3) is 0.577. The molecule has 0 saturated carbocycles. The standard InChI is InChI=1S/C26H38O7/c1-17-10-11-24(22(15-31-19(3)27)9-8-12-26(6,7)30)25(16-32-20(4)28)18(2)14-23(13-17)33-21(5)29/h8-9,12-13,23-25,30H,2,10-11,14-16H2,1,3-7H3/b12-8+,17-13+,22-9+/t23-,24+,25-/m0/s1. The molecule has 0 fully saturated rings. The second-order valence-corrected chi connectivity index (χ2v) is 9.11. The molecule has 0 aliphatic heterocycles. The van der Waals surface area contributed by atoms with Crippen LogP contribution in [0.15, 0.2) is 47.6 Å². The normalized spacial score (nSPS) is 24.2. The number of rotatable bonds is 8. The van der Waals surface area contributed by atoms with Crippen LogP contribution in [0.4, 0.5) is 0 Å². The van der Waals surface area contributed by atoms with Crippen LogP contribution in [0.25, 0.3) is 0 Å². The Morgan fingerprint density at radius 1 is 1.15 bits per heavy atom. The highest BCUT2D eigenvalue weighted by molar-refractivity contribution is 5.67. The van der Waals surface area contributed by atoms with Gasteiger partial charge < -0.3 is 19.3 Å². The molecule has 1 aliphatic carbocycles. The summed E-state index contributed by atoms with van der Waals surface area (Å²) < 4.78 is 16.2. The van der Waals surface area contributed by atoms with Crippen molar-refractivity contribution >= 4 is 17.9 Å². The zero-order valence-corrected chi connectivity index (χ0v) is 20.7. The number of esters is 3. The number of carbonyl (C=O) groups excluding carboxylic acids is 3. The van der Waals surface area contributed by atoms with E-state index in [-0.39, 0.29) is 31.0 Å². The molecular formula is C26H38O7. The average Bonchev–Trinajstić information content (AvgIpc) is 2.69. The molecule has 7 nitrogen and oxygen atoms in total. The van der Waals surface area contributed by atoms with Crippen molar-refractivity contribution in [3.63, 3.8) is 0 Å². The van der Waals surface area contributed by atoms with Gasteiger partial charge in [0.2, 0.25) is 0 Å². The summed E-state index contributed by atoms with van der Waals surface area (Å²) in [5.41, 5.74) is 1.66. The molecule has 0 aromatic carbocycles. The van der Waals surface area contributed by atoms with Crippen molar-refractivity contribution in [2.24, 2.45) is 11.8 Å². The lowest BCUT2D eigenvalue weighted by Crippen LogP contribution is -2.28. The molecule has 184 valence electrons. The maximum Gasteiger partial charge on any atom is 0.303 e. The zero-order valence-electron chi connectivity index (χ0n) is 20.7. The van der Waals surface area contributed by atoms with Crippen molar-refractivity contribution in [1.29, 1.82) is 0 Å². The fourth-order valence-corrected chi connectivity index (χ4v) is 3.78. The number of hydrogen-bond donors (Lipinski definition) is 1. The lowest BCUT2D eigenvalue weighted by Gasteiger charge is -2.31. The summed E-state index contributed by atoms with van der Waals surface area (Å²) >= 11 is 0. The van der Waals surface area contributed by atoms with Gasteiger partial charge in [-0.15, -0.1) is 0 Å². The predicted molar refractivity (Wildman–Crippen MR) is 126 cm³/mol. The highest BCUT2D eigenvalue weighted by Gasteiger charge is 2.31. The summed E-state index contributed by atoms with van der Waals surface area (Å²) in [5.74, 6) is -1.61. The Labute approximate surface area is 197 Å². The van der Waals surface area contributed by atoms with E-state index in [1.54, 1.807) is 26.0 Å². The number of allylic oxidation sites excluding steroid dienone is 3. The van der Waals surface area contributed by atoms with Gasteiger partial charge in [0, 0.05) is 33.1 Å². The molecule has 0 radical (unpaired) electrons. The Bertz CT molecular complexity index is 811. The van der Waals surface area contributed by atoms with Gasteiger partial charge in [0.15, 0.2) is 0 Å². The van der Waals surface area contributed by atoms with Crippen LogP contribution in [0, 0.1) is 11.8 Å². The number of aliphatic hydroxyl groups is 1. The maximum atomic E-state index is 11.6. The van der Waals surface area contributed by atoms with Crippen LogP contribution < -0.4 is 0 Å². The Morgan fingerprint density at radius 2 is 1.79 bits per heavy atom. The van der Waals surface area contributed by atoms with E-state index in [9.17, 15) is 19.5 Å². The van der Waals surface area contributed by atoms with E-state index in [0.29, 0.717) is 19.3 Å². The summed E-state index contributed by atoms with van der Waals surface area (Å²) in [5, 5.41) is 10.0. The molecular weight excluding hydrogens is 424 g/mol. The van der Waals surface area contributed by atoms with Gasteiger partial charge >= 0.3 is 17.9 Å². The quantitative estimate of drug-likeness (QED) is 0.250.